The molecule has 0 aliphatic carbocycles. The Balaban J connectivity index is 4.15. The van der Waals surface area contributed by atoms with Gasteiger partial charge in [-0.3, -0.25) is 4.79 Å². The lowest BCUT2D eigenvalue weighted by Gasteiger charge is -2.28. The third-order valence-electron chi connectivity index (χ3n) is 1.86. The van der Waals surface area contributed by atoms with Crippen LogP contribution in [0.2, 0.25) is 0 Å². The summed E-state index contributed by atoms with van der Waals surface area (Å²) in [5.74, 6) is 0.690. The van der Waals surface area contributed by atoms with Crippen LogP contribution in [0.4, 0.5) is 0 Å². The number of carbonyl (C=O) groups is 1. The van der Waals surface area contributed by atoms with Crippen LogP contribution in [0.5, 0.6) is 0 Å². The summed E-state index contributed by atoms with van der Waals surface area (Å²) in [7, 11) is 0. The van der Waals surface area contributed by atoms with Crippen LogP contribution in [-0.4, -0.2) is 29.9 Å². The Morgan fingerprint density at radius 2 is 1.85 bits per heavy atom. The molecule has 0 rings (SSSR count). The van der Waals surface area contributed by atoms with E-state index in [-0.39, 0.29) is 11.9 Å². The normalized spacial score (nSPS) is 11.0. The van der Waals surface area contributed by atoms with Crippen molar-refractivity contribution in [3.63, 3.8) is 0 Å². The van der Waals surface area contributed by atoms with Crippen molar-refractivity contribution in [1.29, 1.82) is 0 Å². The molecule has 0 saturated heterocycles. The zero-order valence-corrected chi connectivity index (χ0v) is 9.21. The molecule has 0 atom stereocenters. The zero-order chi connectivity index (χ0) is 10.4. The number of hydrogen-bond donors (Lipinski definition) is 1. The first-order valence-corrected chi connectivity index (χ1v) is 4.98. The van der Waals surface area contributed by atoms with Crippen molar-refractivity contribution >= 4 is 5.91 Å². The molecule has 0 fully saturated rings. The highest BCUT2D eigenvalue weighted by atomic mass is 16.2. The lowest BCUT2D eigenvalue weighted by molar-refractivity contribution is -0.133. The van der Waals surface area contributed by atoms with Gasteiger partial charge in [-0.1, -0.05) is 13.8 Å². The van der Waals surface area contributed by atoms with Crippen molar-refractivity contribution in [1.82, 2.24) is 4.90 Å². The van der Waals surface area contributed by atoms with Gasteiger partial charge in [-0.25, -0.2) is 0 Å². The van der Waals surface area contributed by atoms with Gasteiger partial charge in [0.15, 0.2) is 0 Å². The lowest BCUT2D eigenvalue weighted by atomic mass is 10.1. The third-order valence-corrected chi connectivity index (χ3v) is 1.86. The molecule has 0 bridgehead atoms. The highest BCUT2D eigenvalue weighted by Gasteiger charge is 2.16. The Morgan fingerprint density at radius 1 is 1.31 bits per heavy atom. The summed E-state index contributed by atoms with van der Waals surface area (Å²) < 4.78 is 0. The van der Waals surface area contributed by atoms with Crippen molar-refractivity contribution in [3.8, 4) is 0 Å². The minimum absolute atomic E-state index is 0.172. The minimum Gasteiger partial charge on any atom is -0.340 e. The molecule has 78 valence electrons. The highest BCUT2D eigenvalue weighted by molar-refractivity contribution is 5.76. The number of carbonyl (C=O) groups excluding carboxylic acids is 1. The summed E-state index contributed by atoms with van der Waals surface area (Å²) in [4.78, 5) is 13.5. The summed E-state index contributed by atoms with van der Waals surface area (Å²) in [6.07, 6.45) is 0.463. The molecular formula is C10H22N2O. The van der Waals surface area contributed by atoms with E-state index in [1.807, 2.05) is 18.7 Å². The molecule has 0 heterocycles. The maximum Gasteiger partial charge on any atom is 0.224 e. The average molecular weight is 186 g/mol. The smallest absolute Gasteiger partial charge is 0.224 e. The first-order chi connectivity index (χ1) is 5.99. The van der Waals surface area contributed by atoms with Crippen LogP contribution in [0.15, 0.2) is 0 Å². The average Bonchev–Trinajstić information content (AvgIpc) is 1.99. The van der Waals surface area contributed by atoms with E-state index in [0.717, 1.165) is 6.54 Å². The number of rotatable bonds is 5. The molecule has 0 aromatic rings. The SMILES string of the molecule is CC(C)CN(C(=O)CCN)C(C)C. The van der Waals surface area contributed by atoms with Crippen molar-refractivity contribution < 1.29 is 4.79 Å². The van der Waals surface area contributed by atoms with Gasteiger partial charge in [0.2, 0.25) is 5.91 Å². The van der Waals surface area contributed by atoms with Crippen LogP contribution < -0.4 is 5.73 Å². The van der Waals surface area contributed by atoms with Gasteiger partial charge in [-0.05, 0) is 19.8 Å². The quantitative estimate of drug-likeness (QED) is 0.702. The molecule has 2 N–H and O–H groups in total. The van der Waals surface area contributed by atoms with Gasteiger partial charge in [0.05, 0.1) is 0 Å². The van der Waals surface area contributed by atoms with Gasteiger partial charge < -0.3 is 10.6 Å². The van der Waals surface area contributed by atoms with Crippen molar-refractivity contribution in [2.45, 2.75) is 40.2 Å². The monoisotopic (exact) mass is 186 g/mol. The van der Waals surface area contributed by atoms with E-state index in [1.54, 1.807) is 0 Å². The van der Waals surface area contributed by atoms with Gasteiger partial charge >= 0.3 is 0 Å². The number of amides is 1. The number of hydrogen-bond acceptors (Lipinski definition) is 2. The summed E-state index contributed by atoms with van der Waals surface area (Å²) in [5, 5.41) is 0. The van der Waals surface area contributed by atoms with E-state index in [4.69, 9.17) is 5.73 Å². The molecule has 0 radical (unpaired) electrons. The second-order valence-corrected chi connectivity index (χ2v) is 4.07. The topological polar surface area (TPSA) is 46.3 Å². The van der Waals surface area contributed by atoms with E-state index < -0.39 is 0 Å². The maximum absolute atomic E-state index is 11.6. The Hall–Kier alpha value is -0.570. The zero-order valence-electron chi connectivity index (χ0n) is 9.21. The van der Waals surface area contributed by atoms with Gasteiger partial charge in [-0.15, -0.1) is 0 Å². The summed E-state index contributed by atoms with van der Waals surface area (Å²) in [6.45, 7) is 9.58. The molecule has 0 spiro atoms. The molecule has 0 aliphatic rings. The molecule has 0 aromatic heterocycles. The Labute approximate surface area is 81.3 Å². The fraction of sp³-hybridized carbons (Fsp3) is 0.900. The van der Waals surface area contributed by atoms with Gasteiger partial charge in [0, 0.05) is 25.6 Å². The molecule has 0 saturated carbocycles. The van der Waals surface area contributed by atoms with Crippen LogP contribution in [0.25, 0.3) is 0 Å². The highest BCUT2D eigenvalue weighted by Crippen LogP contribution is 2.05. The van der Waals surface area contributed by atoms with Gasteiger partial charge in [0.25, 0.3) is 0 Å². The number of nitrogens with zero attached hydrogens (tertiary/aromatic N) is 1. The van der Waals surface area contributed by atoms with E-state index in [1.165, 1.54) is 0 Å². The first kappa shape index (κ1) is 12.4. The molecule has 1 amide bonds. The van der Waals surface area contributed by atoms with E-state index in [9.17, 15) is 4.79 Å². The van der Waals surface area contributed by atoms with Crippen LogP contribution in [-0.2, 0) is 4.79 Å². The van der Waals surface area contributed by atoms with Crippen molar-refractivity contribution in [3.05, 3.63) is 0 Å². The van der Waals surface area contributed by atoms with E-state index in [2.05, 4.69) is 13.8 Å². The van der Waals surface area contributed by atoms with Gasteiger partial charge in [-0.2, -0.15) is 0 Å². The van der Waals surface area contributed by atoms with Crippen molar-refractivity contribution in [2.75, 3.05) is 13.1 Å². The molecule has 0 aromatic carbocycles. The Bertz CT molecular complexity index is 155. The predicted molar refractivity (Wildman–Crippen MR) is 55.4 cm³/mol. The maximum atomic E-state index is 11.6. The molecule has 0 unspecified atom stereocenters. The van der Waals surface area contributed by atoms with E-state index >= 15 is 0 Å². The Morgan fingerprint density at radius 3 is 2.15 bits per heavy atom. The Kier molecular flexibility index (Phi) is 5.71. The van der Waals surface area contributed by atoms with Crippen LogP contribution in [0, 0.1) is 5.92 Å². The van der Waals surface area contributed by atoms with Crippen molar-refractivity contribution in [2.24, 2.45) is 11.7 Å². The largest absolute Gasteiger partial charge is 0.340 e. The molecule has 13 heavy (non-hydrogen) atoms. The summed E-state index contributed by atoms with van der Waals surface area (Å²) in [6, 6.07) is 0.279. The fourth-order valence-corrected chi connectivity index (χ4v) is 1.26. The summed E-state index contributed by atoms with van der Waals surface area (Å²) >= 11 is 0. The number of nitrogens with two attached hydrogens (primary N) is 1. The standard InChI is InChI=1S/C10H22N2O/c1-8(2)7-12(9(3)4)10(13)5-6-11/h8-9H,5-7,11H2,1-4H3. The molecule has 3 nitrogen and oxygen atoms in total. The van der Waals surface area contributed by atoms with Crippen LogP contribution in [0.1, 0.15) is 34.1 Å². The molecule has 0 aliphatic heterocycles. The predicted octanol–water partition coefficient (Wildman–Crippen LogP) is 1.23. The fourth-order valence-electron chi connectivity index (χ4n) is 1.26. The van der Waals surface area contributed by atoms with Crippen LogP contribution in [0.3, 0.4) is 0 Å². The minimum atomic E-state index is 0.172. The van der Waals surface area contributed by atoms with E-state index in [0.29, 0.717) is 18.9 Å². The third kappa shape index (κ3) is 4.88. The second-order valence-electron chi connectivity index (χ2n) is 4.07. The van der Waals surface area contributed by atoms with Crippen LogP contribution >= 0.6 is 0 Å². The molecule has 3 heteroatoms. The molecular weight excluding hydrogens is 164 g/mol. The first-order valence-electron chi connectivity index (χ1n) is 4.98. The second kappa shape index (κ2) is 5.97. The van der Waals surface area contributed by atoms with Gasteiger partial charge in [0.1, 0.15) is 0 Å². The lowest BCUT2D eigenvalue weighted by Crippen LogP contribution is -2.40. The summed E-state index contributed by atoms with van der Waals surface area (Å²) in [5.41, 5.74) is 5.35.